The summed E-state index contributed by atoms with van der Waals surface area (Å²) in [4.78, 5) is 13.1. The largest absolute Gasteiger partial charge is 0.489 e. The van der Waals surface area contributed by atoms with E-state index in [1.54, 1.807) is 12.1 Å². The van der Waals surface area contributed by atoms with Crippen molar-refractivity contribution in [3.8, 4) is 22.8 Å². The zero-order chi connectivity index (χ0) is 25.6. The molecule has 0 aliphatic rings. The van der Waals surface area contributed by atoms with Crippen LogP contribution in [0.1, 0.15) is 21.6 Å². The molecule has 1 amide bonds. The van der Waals surface area contributed by atoms with Crippen LogP contribution in [0.2, 0.25) is 0 Å². The van der Waals surface area contributed by atoms with E-state index in [0.717, 1.165) is 20.3 Å². The number of benzene rings is 3. The fraction of sp³-hybridized carbons (Fsp3) is 0.0400. The Hall–Kier alpha value is -4.84. The highest BCUT2D eigenvalue weighted by Gasteiger charge is 2.25. The topological polar surface area (TPSA) is 146 Å². The molecule has 5 rings (SSSR count). The van der Waals surface area contributed by atoms with Gasteiger partial charge < -0.3 is 10.5 Å². The summed E-state index contributed by atoms with van der Waals surface area (Å²) in [6.07, 6.45) is 1.51. The second-order valence-corrected chi connectivity index (χ2v) is 8.64. The molecule has 0 spiro atoms. The number of hydrogen-bond acceptors (Lipinski definition) is 9. The fourth-order valence-electron chi connectivity index (χ4n) is 3.38. The van der Waals surface area contributed by atoms with Crippen molar-refractivity contribution in [2.75, 3.05) is 5.73 Å². The molecular weight excluding hydrogens is 540 g/mol. The molecule has 5 aromatic rings. The predicted molar refractivity (Wildman–Crippen MR) is 139 cm³/mol. The number of anilines is 1. The van der Waals surface area contributed by atoms with Gasteiger partial charge in [0, 0.05) is 10.0 Å². The Morgan fingerprint density at radius 1 is 1.05 bits per heavy atom. The average Bonchev–Trinajstić information content (AvgIpc) is 3.55. The fourth-order valence-corrected chi connectivity index (χ4v) is 3.64. The molecule has 184 valence electrons. The van der Waals surface area contributed by atoms with Crippen LogP contribution < -0.4 is 15.9 Å². The standard InChI is InChI=1S/C25H19BrN8O3/c26-19-10-6-17(7-11-19)15-36-20-12-8-16(9-13-20)14-28-30-25(35)22-21(18-4-2-1-3-5-18)29-33-34(22)24-23(27)31-37-32-24/h1-14H,15H2,(H2,27,31)(H,30,35)/b28-14+. The average molecular weight is 559 g/mol. The van der Waals surface area contributed by atoms with Gasteiger partial charge in [-0.1, -0.05) is 63.6 Å². The van der Waals surface area contributed by atoms with E-state index in [1.165, 1.54) is 6.21 Å². The van der Waals surface area contributed by atoms with Crippen LogP contribution in [-0.4, -0.2) is 37.4 Å². The zero-order valence-corrected chi connectivity index (χ0v) is 20.7. The summed E-state index contributed by atoms with van der Waals surface area (Å²) in [6, 6.07) is 24.4. The first-order valence-corrected chi connectivity index (χ1v) is 11.8. The summed E-state index contributed by atoms with van der Waals surface area (Å²) in [5.41, 5.74) is 11.2. The highest BCUT2D eigenvalue weighted by molar-refractivity contribution is 9.10. The maximum atomic E-state index is 13.1. The molecule has 0 saturated heterocycles. The number of halogens is 1. The number of nitrogens with two attached hydrogens (primary N) is 1. The molecule has 0 aliphatic carbocycles. The number of ether oxygens (including phenoxy) is 1. The number of aromatic nitrogens is 5. The molecule has 2 heterocycles. The maximum absolute atomic E-state index is 13.1. The number of amides is 1. The van der Waals surface area contributed by atoms with E-state index in [0.29, 0.717) is 23.6 Å². The second kappa shape index (κ2) is 10.8. The van der Waals surface area contributed by atoms with Crippen molar-refractivity contribution >= 4 is 33.9 Å². The lowest BCUT2D eigenvalue weighted by Gasteiger charge is -2.07. The van der Waals surface area contributed by atoms with Crippen molar-refractivity contribution in [2.45, 2.75) is 6.61 Å². The van der Waals surface area contributed by atoms with E-state index in [4.69, 9.17) is 10.5 Å². The molecule has 37 heavy (non-hydrogen) atoms. The minimum Gasteiger partial charge on any atom is -0.489 e. The monoisotopic (exact) mass is 558 g/mol. The Bertz CT molecular complexity index is 1530. The minimum absolute atomic E-state index is 0.0375. The molecule has 0 aliphatic heterocycles. The summed E-state index contributed by atoms with van der Waals surface area (Å²) in [6.45, 7) is 0.452. The zero-order valence-electron chi connectivity index (χ0n) is 19.2. The van der Waals surface area contributed by atoms with E-state index in [1.807, 2.05) is 66.7 Å². The van der Waals surface area contributed by atoms with Crippen molar-refractivity contribution in [1.29, 1.82) is 0 Å². The van der Waals surface area contributed by atoms with Gasteiger partial charge in [-0.05, 0) is 57.8 Å². The predicted octanol–water partition coefficient (Wildman–Crippen LogP) is 4.00. The van der Waals surface area contributed by atoms with Crippen molar-refractivity contribution < 1.29 is 14.2 Å². The van der Waals surface area contributed by atoms with Crippen LogP contribution in [0.3, 0.4) is 0 Å². The molecule has 0 bridgehead atoms. The van der Waals surface area contributed by atoms with Gasteiger partial charge in [-0.2, -0.15) is 9.78 Å². The van der Waals surface area contributed by atoms with E-state index in [9.17, 15) is 4.79 Å². The summed E-state index contributed by atoms with van der Waals surface area (Å²) in [5, 5.41) is 19.5. The quantitative estimate of drug-likeness (QED) is 0.214. The van der Waals surface area contributed by atoms with Crippen LogP contribution in [-0.2, 0) is 6.61 Å². The van der Waals surface area contributed by atoms with Crippen LogP contribution in [0, 0.1) is 0 Å². The first-order valence-electron chi connectivity index (χ1n) is 11.0. The lowest BCUT2D eigenvalue weighted by atomic mass is 10.1. The van der Waals surface area contributed by atoms with Crippen LogP contribution in [0.15, 0.2) is 93.1 Å². The Labute approximate surface area is 219 Å². The number of nitrogens with one attached hydrogen (secondary N) is 1. The highest BCUT2D eigenvalue weighted by atomic mass is 79.9. The van der Waals surface area contributed by atoms with Gasteiger partial charge in [-0.15, -0.1) is 5.10 Å². The van der Waals surface area contributed by atoms with Crippen molar-refractivity contribution in [3.63, 3.8) is 0 Å². The van der Waals surface area contributed by atoms with Gasteiger partial charge in [0.25, 0.3) is 5.91 Å². The van der Waals surface area contributed by atoms with Crippen LogP contribution in [0.4, 0.5) is 5.82 Å². The summed E-state index contributed by atoms with van der Waals surface area (Å²) in [7, 11) is 0. The van der Waals surface area contributed by atoms with Crippen LogP contribution in [0.25, 0.3) is 17.1 Å². The number of rotatable bonds is 8. The number of hydrogen-bond donors (Lipinski definition) is 2. The number of hydrazone groups is 1. The minimum atomic E-state index is -0.572. The molecule has 0 saturated carbocycles. The summed E-state index contributed by atoms with van der Waals surface area (Å²) in [5.74, 6) is 0.148. The summed E-state index contributed by atoms with van der Waals surface area (Å²) >= 11 is 3.42. The second-order valence-electron chi connectivity index (χ2n) is 7.72. The molecule has 0 unspecified atom stereocenters. The van der Waals surface area contributed by atoms with Gasteiger partial charge in [0.05, 0.1) is 6.21 Å². The molecule has 12 heteroatoms. The van der Waals surface area contributed by atoms with E-state index >= 15 is 0 Å². The van der Waals surface area contributed by atoms with E-state index < -0.39 is 5.91 Å². The number of carbonyl (C=O) groups excluding carboxylic acids is 1. The first kappa shape index (κ1) is 23.9. The third kappa shape index (κ3) is 5.54. The molecule has 0 fully saturated rings. The molecule has 3 N–H and O–H groups in total. The molecule has 0 atom stereocenters. The molecule has 2 aromatic heterocycles. The van der Waals surface area contributed by atoms with Crippen molar-refractivity contribution in [1.82, 2.24) is 30.7 Å². The Kier molecular flexibility index (Phi) is 6.99. The van der Waals surface area contributed by atoms with Crippen LogP contribution >= 0.6 is 15.9 Å². The van der Waals surface area contributed by atoms with Gasteiger partial charge in [0.15, 0.2) is 5.69 Å². The Morgan fingerprint density at radius 3 is 2.51 bits per heavy atom. The SMILES string of the molecule is Nc1nonc1-n1nnc(-c2ccccc2)c1C(=O)N/N=C/c1ccc(OCc2ccc(Br)cc2)cc1. The van der Waals surface area contributed by atoms with Gasteiger partial charge in [-0.3, -0.25) is 4.79 Å². The van der Waals surface area contributed by atoms with Gasteiger partial charge in [-0.25, -0.2) is 10.1 Å². The Balaban J connectivity index is 1.29. The Morgan fingerprint density at radius 2 is 1.81 bits per heavy atom. The molecule has 0 radical (unpaired) electrons. The van der Waals surface area contributed by atoms with Crippen molar-refractivity contribution in [2.24, 2.45) is 5.10 Å². The lowest BCUT2D eigenvalue weighted by Crippen LogP contribution is -2.22. The highest BCUT2D eigenvalue weighted by Crippen LogP contribution is 2.24. The number of carbonyl (C=O) groups is 1. The number of nitrogen functional groups attached to an aromatic ring is 1. The normalized spacial score (nSPS) is 11.1. The molecule has 3 aromatic carbocycles. The van der Waals surface area contributed by atoms with E-state index in [2.05, 4.69) is 51.7 Å². The first-order chi connectivity index (χ1) is 18.1. The van der Waals surface area contributed by atoms with Gasteiger partial charge >= 0.3 is 0 Å². The van der Waals surface area contributed by atoms with Gasteiger partial charge in [0.2, 0.25) is 11.6 Å². The van der Waals surface area contributed by atoms with E-state index in [-0.39, 0.29) is 17.3 Å². The third-order valence-corrected chi connectivity index (χ3v) is 5.74. The number of nitrogens with zero attached hydrogens (tertiary/aromatic N) is 6. The molecule has 11 nitrogen and oxygen atoms in total. The third-order valence-electron chi connectivity index (χ3n) is 5.21. The smallest absolute Gasteiger partial charge is 0.292 e. The van der Waals surface area contributed by atoms with Gasteiger partial charge in [0.1, 0.15) is 18.1 Å². The maximum Gasteiger partial charge on any atom is 0.292 e. The van der Waals surface area contributed by atoms with Crippen LogP contribution in [0.5, 0.6) is 5.75 Å². The molecular formula is C25H19BrN8O3. The van der Waals surface area contributed by atoms with Crippen molar-refractivity contribution in [3.05, 3.63) is 100 Å². The summed E-state index contributed by atoms with van der Waals surface area (Å²) < 4.78 is 12.7. The lowest BCUT2D eigenvalue weighted by molar-refractivity contribution is 0.0948.